The van der Waals surface area contributed by atoms with Crippen LogP contribution in [0.15, 0.2) is 60.2 Å². The summed E-state index contributed by atoms with van der Waals surface area (Å²) in [4.78, 5) is 0. The van der Waals surface area contributed by atoms with Crippen molar-refractivity contribution in [1.82, 2.24) is 0 Å². The number of hydrogen-bond acceptors (Lipinski definition) is 0. The van der Waals surface area contributed by atoms with Crippen LogP contribution in [0.5, 0.6) is 0 Å². The molecule has 0 aliphatic rings. The average Bonchev–Trinajstić information content (AvgIpc) is 2.26. The van der Waals surface area contributed by atoms with Crippen molar-refractivity contribution in [2.24, 2.45) is 0 Å². The predicted molar refractivity (Wildman–Crippen MR) is 72.6 cm³/mol. The van der Waals surface area contributed by atoms with Crippen molar-refractivity contribution in [1.29, 1.82) is 0 Å². The first-order valence-corrected chi connectivity index (χ1v) is 5.64. The Labute approximate surface area is 99.0 Å². The van der Waals surface area contributed by atoms with E-state index < -0.39 is 0 Å². The van der Waals surface area contributed by atoms with Gasteiger partial charge in [0.05, 0.1) is 0 Å². The summed E-state index contributed by atoms with van der Waals surface area (Å²) >= 11 is 0. The minimum atomic E-state index is 0.952. The molecule has 0 unspecified atom stereocenters. The van der Waals surface area contributed by atoms with Crippen molar-refractivity contribution >= 4 is 0 Å². The highest BCUT2D eigenvalue weighted by molar-refractivity contribution is 5.32. The lowest BCUT2D eigenvalue weighted by Crippen LogP contribution is -1.87. The summed E-state index contributed by atoms with van der Waals surface area (Å²) in [6, 6.07) is 8.65. The molecule has 0 atom stereocenters. The molecule has 0 N–H and O–H groups in total. The molecule has 16 heavy (non-hydrogen) atoms. The Morgan fingerprint density at radius 1 is 1.12 bits per heavy atom. The highest BCUT2D eigenvalue weighted by atomic mass is 14.0. The summed E-state index contributed by atoms with van der Waals surface area (Å²) < 4.78 is 0. The third-order valence-electron chi connectivity index (χ3n) is 2.42. The molecule has 1 aromatic carbocycles. The van der Waals surface area contributed by atoms with E-state index in [1.54, 1.807) is 0 Å². The van der Waals surface area contributed by atoms with Crippen LogP contribution in [0.1, 0.15) is 25.0 Å². The monoisotopic (exact) mass is 212 g/mol. The minimum Gasteiger partial charge on any atom is -0.0988 e. The third kappa shape index (κ3) is 4.31. The molecule has 0 spiro atoms. The average molecular weight is 212 g/mol. The van der Waals surface area contributed by atoms with Gasteiger partial charge in [0.15, 0.2) is 0 Å². The maximum Gasteiger partial charge on any atom is -0.00260 e. The van der Waals surface area contributed by atoms with Crippen LogP contribution in [-0.4, -0.2) is 0 Å². The molecular weight excluding hydrogens is 192 g/mol. The van der Waals surface area contributed by atoms with Gasteiger partial charge in [-0.25, -0.2) is 0 Å². The Hall–Kier alpha value is -1.56. The van der Waals surface area contributed by atoms with E-state index in [9.17, 15) is 0 Å². The number of allylic oxidation sites excluding steroid dienone is 5. The largest absolute Gasteiger partial charge is 0.0988 e. The normalized spacial score (nSPS) is 11.1. The first kappa shape index (κ1) is 12.5. The van der Waals surface area contributed by atoms with Crippen LogP contribution in [0.3, 0.4) is 0 Å². The quantitative estimate of drug-likeness (QED) is 0.639. The zero-order valence-electron chi connectivity index (χ0n) is 10.5. The van der Waals surface area contributed by atoms with Crippen LogP contribution in [0.25, 0.3) is 0 Å². The van der Waals surface area contributed by atoms with Gasteiger partial charge in [-0.1, -0.05) is 60.2 Å². The second kappa shape index (κ2) is 6.12. The van der Waals surface area contributed by atoms with E-state index in [1.165, 1.54) is 22.3 Å². The molecule has 0 saturated carbocycles. The topological polar surface area (TPSA) is 0 Å². The molecule has 1 rings (SSSR count). The highest BCUT2D eigenvalue weighted by Gasteiger charge is 1.95. The predicted octanol–water partition coefficient (Wildman–Crippen LogP) is 4.62. The van der Waals surface area contributed by atoms with E-state index in [2.05, 4.69) is 63.8 Å². The van der Waals surface area contributed by atoms with Crippen LogP contribution >= 0.6 is 0 Å². The Morgan fingerprint density at radius 2 is 1.75 bits per heavy atom. The first-order valence-electron chi connectivity index (χ1n) is 5.64. The van der Waals surface area contributed by atoms with Crippen LogP contribution in [0, 0.1) is 6.92 Å². The molecule has 0 aliphatic carbocycles. The molecule has 1 aromatic rings. The Balaban J connectivity index is 2.78. The van der Waals surface area contributed by atoms with E-state index in [0.29, 0.717) is 0 Å². The highest BCUT2D eigenvalue weighted by Crippen LogP contribution is 2.11. The Bertz CT molecular complexity index is 398. The standard InChI is InChI=1S/C16H20/c1-5-15(9-6-13(2)3)12-16-10-7-14(4)8-11-16/h5-11H,1,12H2,2-4H3. The van der Waals surface area contributed by atoms with Gasteiger partial charge in [-0.2, -0.15) is 0 Å². The van der Waals surface area contributed by atoms with Gasteiger partial charge in [0.25, 0.3) is 0 Å². The smallest absolute Gasteiger partial charge is 0.00260 e. The summed E-state index contributed by atoms with van der Waals surface area (Å²) in [6.45, 7) is 10.2. The molecule has 0 fully saturated rings. The Kier molecular flexibility index (Phi) is 4.78. The molecular formula is C16H20. The van der Waals surface area contributed by atoms with Gasteiger partial charge < -0.3 is 0 Å². The fourth-order valence-electron chi connectivity index (χ4n) is 1.41. The molecule has 0 radical (unpaired) electrons. The van der Waals surface area contributed by atoms with Crippen molar-refractivity contribution in [3.8, 4) is 0 Å². The van der Waals surface area contributed by atoms with Gasteiger partial charge >= 0.3 is 0 Å². The first-order chi connectivity index (χ1) is 7.61. The van der Waals surface area contributed by atoms with Gasteiger partial charge in [0, 0.05) is 0 Å². The van der Waals surface area contributed by atoms with Gasteiger partial charge in [-0.3, -0.25) is 0 Å². The molecule has 0 amide bonds. The lowest BCUT2D eigenvalue weighted by Gasteiger charge is -2.02. The Morgan fingerprint density at radius 3 is 2.25 bits per heavy atom. The fourth-order valence-corrected chi connectivity index (χ4v) is 1.41. The molecule has 0 heterocycles. The van der Waals surface area contributed by atoms with Gasteiger partial charge in [0.2, 0.25) is 0 Å². The molecule has 0 saturated heterocycles. The van der Waals surface area contributed by atoms with Gasteiger partial charge in [-0.15, -0.1) is 0 Å². The summed E-state index contributed by atoms with van der Waals surface area (Å²) in [5.74, 6) is 0. The van der Waals surface area contributed by atoms with Crippen LogP contribution in [0.2, 0.25) is 0 Å². The second-order valence-corrected chi connectivity index (χ2v) is 4.35. The summed E-state index contributed by atoms with van der Waals surface area (Å²) in [5.41, 5.74) is 5.20. The fraction of sp³-hybridized carbons (Fsp3) is 0.250. The second-order valence-electron chi connectivity index (χ2n) is 4.35. The van der Waals surface area contributed by atoms with E-state index in [1.807, 2.05) is 6.08 Å². The maximum atomic E-state index is 3.86. The number of benzene rings is 1. The lowest BCUT2D eigenvalue weighted by atomic mass is 10.0. The maximum absolute atomic E-state index is 3.86. The summed E-state index contributed by atoms with van der Waals surface area (Å²) in [7, 11) is 0. The third-order valence-corrected chi connectivity index (χ3v) is 2.42. The number of aryl methyl sites for hydroxylation is 1. The lowest BCUT2D eigenvalue weighted by molar-refractivity contribution is 1.19. The summed E-state index contributed by atoms with van der Waals surface area (Å²) in [6.07, 6.45) is 7.15. The van der Waals surface area contributed by atoms with Gasteiger partial charge in [-0.05, 0) is 38.3 Å². The van der Waals surface area contributed by atoms with E-state index in [-0.39, 0.29) is 0 Å². The molecule has 0 heteroatoms. The van der Waals surface area contributed by atoms with Crippen molar-refractivity contribution in [2.45, 2.75) is 27.2 Å². The number of hydrogen-bond donors (Lipinski definition) is 0. The van der Waals surface area contributed by atoms with E-state index in [4.69, 9.17) is 0 Å². The van der Waals surface area contributed by atoms with Crippen LogP contribution in [0.4, 0.5) is 0 Å². The van der Waals surface area contributed by atoms with E-state index >= 15 is 0 Å². The number of rotatable bonds is 4. The molecule has 0 nitrogen and oxygen atoms in total. The van der Waals surface area contributed by atoms with Crippen molar-refractivity contribution < 1.29 is 0 Å². The molecule has 0 bridgehead atoms. The molecule has 0 aromatic heterocycles. The van der Waals surface area contributed by atoms with Crippen molar-refractivity contribution in [3.63, 3.8) is 0 Å². The van der Waals surface area contributed by atoms with Gasteiger partial charge in [0.1, 0.15) is 0 Å². The SMILES string of the molecule is C=CC(=CC=C(C)C)Cc1ccc(C)cc1. The molecule has 84 valence electrons. The van der Waals surface area contributed by atoms with Crippen LogP contribution in [-0.2, 0) is 6.42 Å². The zero-order valence-corrected chi connectivity index (χ0v) is 10.5. The van der Waals surface area contributed by atoms with E-state index in [0.717, 1.165) is 6.42 Å². The summed E-state index contributed by atoms with van der Waals surface area (Å²) in [5, 5.41) is 0. The van der Waals surface area contributed by atoms with Crippen molar-refractivity contribution in [3.05, 3.63) is 71.3 Å². The van der Waals surface area contributed by atoms with Crippen LogP contribution < -0.4 is 0 Å². The van der Waals surface area contributed by atoms with Crippen molar-refractivity contribution in [2.75, 3.05) is 0 Å². The zero-order chi connectivity index (χ0) is 12.0. The minimum absolute atomic E-state index is 0.952. The molecule has 0 aliphatic heterocycles.